The number of hydrogen-bond donors (Lipinski definition) is 2. The van der Waals surface area contributed by atoms with Crippen LogP contribution in [-0.4, -0.2) is 29.3 Å². The zero-order valence-electron chi connectivity index (χ0n) is 12.1. The van der Waals surface area contributed by atoms with Crippen molar-refractivity contribution in [1.82, 2.24) is 15.1 Å². The number of hydrogen-bond acceptors (Lipinski definition) is 4. The number of nitrogen functional groups attached to an aromatic ring is 1. The van der Waals surface area contributed by atoms with Gasteiger partial charge in [0, 0.05) is 19.2 Å². The van der Waals surface area contributed by atoms with Gasteiger partial charge in [-0.1, -0.05) is 12.1 Å². The van der Waals surface area contributed by atoms with Gasteiger partial charge in [-0.3, -0.25) is 9.48 Å². The first-order valence-corrected chi connectivity index (χ1v) is 6.85. The van der Waals surface area contributed by atoms with Crippen molar-refractivity contribution in [3.8, 4) is 5.75 Å². The lowest BCUT2D eigenvalue weighted by Crippen LogP contribution is -2.27. The van der Waals surface area contributed by atoms with E-state index in [1.807, 2.05) is 24.3 Å². The van der Waals surface area contributed by atoms with Crippen LogP contribution in [0.4, 0.5) is 5.69 Å². The first-order valence-electron chi connectivity index (χ1n) is 6.85. The largest absolute Gasteiger partial charge is 0.497 e. The fraction of sp³-hybridized carbons (Fsp3) is 0.333. The Morgan fingerprint density at radius 1 is 1.38 bits per heavy atom. The van der Waals surface area contributed by atoms with Crippen LogP contribution in [0.15, 0.2) is 36.7 Å². The molecule has 1 aromatic carbocycles. The van der Waals surface area contributed by atoms with E-state index in [0.717, 1.165) is 11.3 Å². The van der Waals surface area contributed by atoms with Crippen LogP contribution in [-0.2, 0) is 17.8 Å². The van der Waals surface area contributed by atoms with Crippen molar-refractivity contribution >= 4 is 11.6 Å². The Labute approximate surface area is 123 Å². The predicted molar refractivity (Wildman–Crippen MR) is 81.0 cm³/mol. The smallest absolute Gasteiger partial charge is 0.220 e. The molecule has 0 bridgehead atoms. The maximum absolute atomic E-state index is 11.7. The molecule has 0 atom stereocenters. The van der Waals surface area contributed by atoms with E-state index in [0.29, 0.717) is 31.6 Å². The van der Waals surface area contributed by atoms with E-state index in [1.165, 1.54) is 0 Å². The lowest BCUT2D eigenvalue weighted by atomic mass is 10.1. The number of carbonyl (C=O) groups is 1. The highest BCUT2D eigenvalue weighted by molar-refractivity contribution is 5.76. The Kier molecular flexibility index (Phi) is 5.20. The maximum Gasteiger partial charge on any atom is 0.220 e. The summed E-state index contributed by atoms with van der Waals surface area (Å²) in [5.74, 6) is 0.854. The van der Waals surface area contributed by atoms with Crippen LogP contribution in [0.5, 0.6) is 5.75 Å². The Hall–Kier alpha value is -2.50. The van der Waals surface area contributed by atoms with Crippen molar-refractivity contribution < 1.29 is 9.53 Å². The minimum atomic E-state index is 0.0333. The average molecular weight is 288 g/mol. The second-order valence-corrected chi connectivity index (χ2v) is 4.73. The lowest BCUT2D eigenvalue weighted by Gasteiger charge is -2.06. The third-order valence-electron chi connectivity index (χ3n) is 3.12. The highest BCUT2D eigenvalue weighted by atomic mass is 16.5. The van der Waals surface area contributed by atoms with Gasteiger partial charge in [-0.25, -0.2) is 0 Å². The number of nitrogens with two attached hydrogens (primary N) is 1. The predicted octanol–water partition coefficient (Wildman–Crippen LogP) is 1.22. The number of amides is 1. The van der Waals surface area contributed by atoms with Crippen LogP contribution >= 0.6 is 0 Å². The molecular weight excluding hydrogens is 268 g/mol. The number of nitrogens with zero attached hydrogens (tertiary/aromatic N) is 2. The monoisotopic (exact) mass is 288 g/mol. The molecule has 0 saturated heterocycles. The molecule has 0 spiro atoms. The Morgan fingerprint density at radius 2 is 2.14 bits per heavy atom. The number of aryl methyl sites for hydroxylation is 1. The van der Waals surface area contributed by atoms with Gasteiger partial charge in [-0.05, 0) is 24.1 Å². The molecule has 0 unspecified atom stereocenters. The summed E-state index contributed by atoms with van der Waals surface area (Å²) in [5.41, 5.74) is 7.31. The van der Waals surface area contributed by atoms with Crippen LogP contribution in [0.25, 0.3) is 0 Å². The van der Waals surface area contributed by atoms with Gasteiger partial charge in [0.05, 0.1) is 25.5 Å². The zero-order chi connectivity index (χ0) is 15.1. The van der Waals surface area contributed by atoms with Crippen LogP contribution in [0.3, 0.4) is 0 Å². The summed E-state index contributed by atoms with van der Waals surface area (Å²) in [5, 5.41) is 6.92. The highest BCUT2D eigenvalue weighted by Crippen LogP contribution is 2.12. The number of rotatable bonds is 7. The standard InChI is InChI=1S/C15H20N4O2/c1-21-14-5-2-12(3-6-14)4-7-15(20)17-8-9-19-11-13(16)10-18-19/h2-3,5-6,10-11H,4,7-9,16H2,1H3,(H,17,20). The molecule has 2 rings (SSSR count). The van der Waals surface area contributed by atoms with Crippen molar-refractivity contribution in [2.24, 2.45) is 0 Å². The quantitative estimate of drug-likeness (QED) is 0.802. The van der Waals surface area contributed by atoms with Gasteiger partial charge < -0.3 is 15.8 Å². The van der Waals surface area contributed by atoms with Gasteiger partial charge in [-0.2, -0.15) is 5.10 Å². The molecule has 1 amide bonds. The van der Waals surface area contributed by atoms with Crippen LogP contribution in [0.1, 0.15) is 12.0 Å². The molecule has 112 valence electrons. The van der Waals surface area contributed by atoms with Gasteiger partial charge in [0.1, 0.15) is 5.75 Å². The topological polar surface area (TPSA) is 82.2 Å². The van der Waals surface area contributed by atoms with E-state index in [4.69, 9.17) is 10.5 Å². The first kappa shape index (κ1) is 14.9. The maximum atomic E-state index is 11.7. The minimum Gasteiger partial charge on any atom is -0.497 e. The Bertz CT molecular complexity index is 578. The summed E-state index contributed by atoms with van der Waals surface area (Å²) in [7, 11) is 1.63. The van der Waals surface area contributed by atoms with E-state index in [9.17, 15) is 4.79 Å². The van der Waals surface area contributed by atoms with Crippen LogP contribution in [0.2, 0.25) is 0 Å². The zero-order valence-corrected chi connectivity index (χ0v) is 12.1. The summed E-state index contributed by atoms with van der Waals surface area (Å²) in [6.45, 7) is 1.16. The minimum absolute atomic E-state index is 0.0333. The second-order valence-electron chi connectivity index (χ2n) is 4.73. The molecular formula is C15H20N4O2. The van der Waals surface area contributed by atoms with E-state index in [1.54, 1.807) is 24.2 Å². The van der Waals surface area contributed by atoms with Gasteiger partial charge in [-0.15, -0.1) is 0 Å². The normalized spacial score (nSPS) is 10.3. The van der Waals surface area contributed by atoms with Gasteiger partial charge in [0.2, 0.25) is 5.91 Å². The Morgan fingerprint density at radius 3 is 2.76 bits per heavy atom. The second kappa shape index (κ2) is 7.33. The van der Waals surface area contributed by atoms with Crippen molar-refractivity contribution in [2.75, 3.05) is 19.4 Å². The lowest BCUT2D eigenvalue weighted by molar-refractivity contribution is -0.121. The number of nitrogens with one attached hydrogen (secondary N) is 1. The third kappa shape index (κ3) is 4.83. The van der Waals surface area contributed by atoms with Gasteiger partial charge in [0.15, 0.2) is 0 Å². The fourth-order valence-corrected chi connectivity index (χ4v) is 1.95. The molecule has 6 heteroatoms. The highest BCUT2D eigenvalue weighted by Gasteiger charge is 2.03. The SMILES string of the molecule is COc1ccc(CCC(=O)NCCn2cc(N)cn2)cc1. The molecule has 1 heterocycles. The van der Waals surface area contributed by atoms with E-state index in [-0.39, 0.29) is 5.91 Å². The van der Waals surface area contributed by atoms with E-state index < -0.39 is 0 Å². The number of aromatic nitrogens is 2. The molecule has 0 aliphatic carbocycles. The number of benzene rings is 1. The summed E-state index contributed by atoms with van der Waals surface area (Å²) in [4.78, 5) is 11.7. The van der Waals surface area contributed by atoms with Crippen LogP contribution in [0, 0.1) is 0 Å². The molecule has 3 N–H and O–H groups in total. The molecule has 2 aromatic rings. The number of anilines is 1. The average Bonchev–Trinajstić information content (AvgIpc) is 2.91. The summed E-state index contributed by atoms with van der Waals surface area (Å²) in [6.07, 6.45) is 4.51. The Balaban J connectivity index is 1.67. The molecule has 0 aliphatic heterocycles. The van der Waals surface area contributed by atoms with Gasteiger partial charge >= 0.3 is 0 Å². The van der Waals surface area contributed by atoms with E-state index >= 15 is 0 Å². The summed E-state index contributed by atoms with van der Waals surface area (Å²) >= 11 is 0. The van der Waals surface area contributed by atoms with Gasteiger partial charge in [0.25, 0.3) is 0 Å². The van der Waals surface area contributed by atoms with Crippen LogP contribution < -0.4 is 15.8 Å². The molecule has 6 nitrogen and oxygen atoms in total. The van der Waals surface area contributed by atoms with E-state index in [2.05, 4.69) is 10.4 Å². The summed E-state index contributed by atoms with van der Waals surface area (Å²) in [6, 6.07) is 7.74. The molecule has 1 aromatic heterocycles. The number of ether oxygens (including phenoxy) is 1. The first-order chi connectivity index (χ1) is 10.2. The molecule has 0 saturated carbocycles. The van der Waals surface area contributed by atoms with Crippen molar-refractivity contribution in [1.29, 1.82) is 0 Å². The van der Waals surface area contributed by atoms with Crippen molar-refractivity contribution in [3.63, 3.8) is 0 Å². The molecule has 0 radical (unpaired) electrons. The third-order valence-corrected chi connectivity index (χ3v) is 3.12. The number of methoxy groups -OCH3 is 1. The molecule has 21 heavy (non-hydrogen) atoms. The van der Waals surface area contributed by atoms with Crippen molar-refractivity contribution in [3.05, 3.63) is 42.2 Å². The molecule has 0 fully saturated rings. The van der Waals surface area contributed by atoms with Crippen molar-refractivity contribution in [2.45, 2.75) is 19.4 Å². The summed E-state index contributed by atoms with van der Waals surface area (Å²) < 4.78 is 6.80. The fourth-order valence-electron chi connectivity index (χ4n) is 1.95. The molecule has 0 aliphatic rings. The number of carbonyl (C=O) groups excluding carboxylic acids is 1.